The lowest BCUT2D eigenvalue weighted by Gasteiger charge is -2.21. The van der Waals surface area contributed by atoms with Crippen LogP contribution in [0.4, 0.5) is 0 Å². The van der Waals surface area contributed by atoms with E-state index in [-0.39, 0.29) is 0 Å². The number of tetrazole rings is 1. The van der Waals surface area contributed by atoms with Gasteiger partial charge in [-0.2, -0.15) is 4.68 Å². The Balaban J connectivity index is 1.83. The van der Waals surface area contributed by atoms with Crippen molar-refractivity contribution in [3.63, 3.8) is 0 Å². The lowest BCUT2D eigenvalue weighted by Crippen LogP contribution is -2.28. The second kappa shape index (κ2) is 5.92. The maximum Gasteiger partial charge on any atom is 0.172 e. The molecule has 1 aliphatic rings. The zero-order chi connectivity index (χ0) is 13.8. The highest BCUT2D eigenvalue weighted by molar-refractivity contribution is 5.27. The molecule has 0 spiro atoms. The van der Waals surface area contributed by atoms with Gasteiger partial charge in [0.25, 0.3) is 0 Å². The van der Waals surface area contributed by atoms with E-state index in [0.717, 1.165) is 44.1 Å². The van der Waals surface area contributed by atoms with Gasteiger partial charge in [0, 0.05) is 19.3 Å². The highest BCUT2D eigenvalue weighted by Gasteiger charge is 2.14. The van der Waals surface area contributed by atoms with Crippen molar-refractivity contribution in [2.45, 2.75) is 26.3 Å². The molecule has 1 aliphatic heterocycles. The Morgan fingerprint density at radius 2 is 2.25 bits per heavy atom. The minimum absolute atomic E-state index is 0.745. The molecule has 20 heavy (non-hydrogen) atoms. The van der Waals surface area contributed by atoms with Crippen molar-refractivity contribution in [1.29, 1.82) is 0 Å². The number of aromatic nitrogens is 5. The molecule has 0 bridgehead atoms. The second-order valence-electron chi connectivity index (χ2n) is 4.88. The molecule has 3 heterocycles. The van der Waals surface area contributed by atoms with Gasteiger partial charge in [-0.05, 0) is 41.0 Å². The zero-order valence-electron chi connectivity index (χ0n) is 11.6. The first kappa shape index (κ1) is 12.9. The van der Waals surface area contributed by atoms with E-state index in [0.29, 0.717) is 0 Å². The van der Waals surface area contributed by atoms with Crippen LogP contribution in [0, 0.1) is 0 Å². The first-order valence-corrected chi connectivity index (χ1v) is 6.96. The standard InChI is InChI=1S/C14H18N6/c1-2-12-6-7-15-13(10-12)20-14(16-17-18-20)11-19-8-4-3-5-9-19/h3-4,6-7,10H,2,5,8-9,11H2,1H3. The summed E-state index contributed by atoms with van der Waals surface area (Å²) in [6.45, 7) is 4.87. The normalized spacial score (nSPS) is 15.7. The van der Waals surface area contributed by atoms with E-state index in [4.69, 9.17) is 0 Å². The average molecular weight is 270 g/mol. The molecule has 104 valence electrons. The highest BCUT2D eigenvalue weighted by atomic mass is 15.6. The number of nitrogens with zero attached hydrogens (tertiary/aromatic N) is 6. The molecule has 2 aromatic rings. The number of rotatable bonds is 4. The second-order valence-corrected chi connectivity index (χ2v) is 4.88. The topological polar surface area (TPSA) is 59.7 Å². The van der Waals surface area contributed by atoms with Crippen LogP contribution in [-0.2, 0) is 13.0 Å². The average Bonchev–Trinajstić information content (AvgIpc) is 2.96. The van der Waals surface area contributed by atoms with E-state index in [1.807, 2.05) is 18.3 Å². The van der Waals surface area contributed by atoms with E-state index in [1.165, 1.54) is 5.56 Å². The molecular weight excluding hydrogens is 252 g/mol. The van der Waals surface area contributed by atoms with Gasteiger partial charge < -0.3 is 0 Å². The van der Waals surface area contributed by atoms with Crippen molar-refractivity contribution in [2.24, 2.45) is 0 Å². The Labute approximate surface area is 118 Å². The fourth-order valence-electron chi connectivity index (χ4n) is 2.31. The molecule has 0 saturated carbocycles. The maximum absolute atomic E-state index is 4.37. The summed E-state index contributed by atoms with van der Waals surface area (Å²) in [5.74, 6) is 1.62. The van der Waals surface area contributed by atoms with Crippen LogP contribution >= 0.6 is 0 Å². The minimum Gasteiger partial charge on any atom is -0.292 e. The summed E-state index contributed by atoms with van der Waals surface area (Å²) >= 11 is 0. The van der Waals surface area contributed by atoms with Crippen LogP contribution in [0.1, 0.15) is 24.7 Å². The third-order valence-electron chi connectivity index (χ3n) is 3.48. The molecule has 6 heteroatoms. The fraction of sp³-hybridized carbons (Fsp3) is 0.429. The third-order valence-corrected chi connectivity index (χ3v) is 3.48. The van der Waals surface area contributed by atoms with E-state index in [1.54, 1.807) is 4.68 Å². The molecule has 0 saturated heterocycles. The molecule has 0 amide bonds. The number of hydrogen-bond donors (Lipinski definition) is 0. The largest absolute Gasteiger partial charge is 0.292 e. The van der Waals surface area contributed by atoms with E-state index >= 15 is 0 Å². The lowest BCUT2D eigenvalue weighted by molar-refractivity contribution is 0.280. The molecule has 0 atom stereocenters. The molecule has 0 unspecified atom stereocenters. The van der Waals surface area contributed by atoms with Gasteiger partial charge in [0.2, 0.25) is 0 Å². The third kappa shape index (κ3) is 2.75. The summed E-state index contributed by atoms with van der Waals surface area (Å²) in [5, 5.41) is 12.0. The first-order chi connectivity index (χ1) is 9.86. The van der Waals surface area contributed by atoms with Crippen LogP contribution in [0.25, 0.3) is 5.82 Å². The predicted octanol–water partition coefficient (Wildman–Crippen LogP) is 1.38. The summed E-state index contributed by atoms with van der Waals surface area (Å²) < 4.78 is 1.73. The van der Waals surface area contributed by atoms with Crippen molar-refractivity contribution in [3.05, 3.63) is 41.9 Å². The summed E-state index contributed by atoms with van der Waals surface area (Å²) in [4.78, 5) is 6.70. The highest BCUT2D eigenvalue weighted by Crippen LogP contribution is 2.11. The van der Waals surface area contributed by atoms with Gasteiger partial charge in [-0.15, -0.1) is 5.10 Å². The molecule has 0 N–H and O–H groups in total. The lowest BCUT2D eigenvalue weighted by atomic mass is 10.2. The molecule has 0 aromatic carbocycles. The molecule has 2 aromatic heterocycles. The van der Waals surface area contributed by atoms with Crippen LogP contribution in [0.15, 0.2) is 30.5 Å². The Bertz CT molecular complexity index is 603. The fourth-order valence-corrected chi connectivity index (χ4v) is 2.31. The quantitative estimate of drug-likeness (QED) is 0.786. The molecule has 0 radical (unpaired) electrons. The van der Waals surface area contributed by atoms with Crippen LogP contribution in [-0.4, -0.2) is 43.2 Å². The van der Waals surface area contributed by atoms with E-state index in [2.05, 4.69) is 44.5 Å². The molecule has 0 fully saturated rings. The van der Waals surface area contributed by atoms with Crippen LogP contribution in [0.2, 0.25) is 0 Å². The van der Waals surface area contributed by atoms with Gasteiger partial charge in [-0.25, -0.2) is 4.98 Å². The van der Waals surface area contributed by atoms with Crippen molar-refractivity contribution in [1.82, 2.24) is 30.1 Å². The molecule has 6 nitrogen and oxygen atoms in total. The zero-order valence-corrected chi connectivity index (χ0v) is 11.6. The Morgan fingerprint density at radius 3 is 3.05 bits per heavy atom. The van der Waals surface area contributed by atoms with Crippen LogP contribution < -0.4 is 0 Å². The Morgan fingerprint density at radius 1 is 1.30 bits per heavy atom. The van der Waals surface area contributed by atoms with Gasteiger partial charge in [-0.1, -0.05) is 19.1 Å². The summed E-state index contributed by atoms with van der Waals surface area (Å²) in [6, 6.07) is 4.05. The van der Waals surface area contributed by atoms with Gasteiger partial charge in [-0.3, -0.25) is 4.90 Å². The molecule has 3 rings (SSSR count). The van der Waals surface area contributed by atoms with Crippen molar-refractivity contribution < 1.29 is 0 Å². The Hall–Kier alpha value is -2.08. The van der Waals surface area contributed by atoms with Crippen LogP contribution in [0.5, 0.6) is 0 Å². The molecular formula is C14H18N6. The number of aryl methyl sites for hydroxylation is 1. The van der Waals surface area contributed by atoms with Gasteiger partial charge >= 0.3 is 0 Å². The summed E-state index contributed by atoms with van der Waals surface area (Å²) in [6.07, 6.45) is 8.28. The SMILES string of the molecule is CCc1ccnc(-n2nnnc2CN2CC=CCC2)c1. The molecule has 0 aliphatic carbocycles. The van der Waals surface area contributed by atoms with Gasteiger partial charge in [0.1, 0.15) is 0 Å². The van der Waals surface area contributed by atoms with E-state index < -0.39 is 0 Å². The maximum atomic E-state index is 4.37. The first-order valence-electron chi connectivity index (χ1n) is 6.96. The number of pyridine rings is 1. The summed E-state index contributed by atoms with van der Waals surface area (Å²) in [5.41, 5.74) is 1.23. The predicted molar refractivity (Wildman–Crippen MR) is 75.4 cm³/mol. The smallest absolute Gasteiger partial charge is 0.172 e. The van der Waals surface area contributed by atoms with Gasteiger partial charge in [0.05, 0.1) is 6.54 Å². The van der Waals surface area contributed by atoms with Crippen molar-refractivity contribution >= 4 is 0 Å². The van der Waals surface area contributed by atoms with E-state index in [9.17, 15) is 0 Å². The Kier molecular flexibility index (Phi) is 3.83. The monoisotopic (exact) mass is 270 g/mol. The minimum atomic E-state index is 0.745. The summed E-state index contributed by atoms with van der Waals surface area (Å²) in [7, 11) is 0. The van der Waals surface area contributed by atoms with Gasteiger partial charge in [0.15, 0.2) is 11.6 Å². The number of hydrogen-bond acceptors (Lipinski definition) is 5. The van der Waals surface area contributed by atoms with Crippen LogP contribution in [0.3, 0.4) is 0 Å². The van der Waals surface area contributed by atoms with Crippen molar-refractivity contribution in [3.8, 4) is 5.82 Å². The van der Waals surface area contributed by atoms with Crippen molar-refractivity contribution in [2.75, 3.05) is 13.1 Å².